The van der Waals surface area contributed by atoms with Crippen LogP contribution in [0.4, 0.5) is 24.9 Å². The van der Waals surface area contributed by atoms with Crippen molar-refractivity contribution in [3.8, 4) is 5.75 Å². The highest BCUT2D eigenvalue weighted by molar-refractivity contribution is 6.31. The Morgan fingerprint density at radius 3 is 2.61 bits per heavy atom. The predicted octanol–water partition coefficient (Wildman–Crippen LogP) is 2.62. The van der Waals surface area contributed by atoms with Gasteiger partial charge in [0.05, 0.1) is 44.5 Å². The van der Waals surface area contributed by atoms with Crippen molar-refractivity contribution in [3.63, 3.8) is 0 Å². The number of aromatic nitrogens is 2. The fraction of sp³-hybridized carbons (Fsp3) is 0.524. The summed E-state index contributed by atoms with van der Waals surface area (Å²) in [4.78, 5) is 20.0. The van der Waals surface area contributed by atoms with Gasteiger partial charge in [0.15, 0.2) is 5.54 Å². The van der Waals surface area contributed by atoms with Crippen LogP contribution in [0.1, 0.15) is 18.6 Å². The Morgan fingerprint density at radius 1 is 1.30 bits per heavy atom. The van der Waals surface area contributed by atoms with Crippen LogP contribution in [0.15, 0.2) is 29.1 Å². The molecule has 1 N–H and O–H groups in total. The Hall–Kier alpha value is -2.50. The van der Waals surface area contributed by atoms with E-state index >= 15 is 0 Å². The number of halogens is 4. The zero-order chi connectivity index (χ0) is 24.0. The maximum Gasteiger partial charge on any atom is 0.413 e. The number of ether oxygens (including phenoxy) is 2. The van der Waals surface area contributed by atoms with Crippen molar-refractivity contribution < 1.29 is 27.8 Å². The first-order valence-electron chi connectivity index (χ1n) is 10.4. The van der Waals surface area contributed by atoms with Gasteiger partial charge >= 0.3 is 6.18 Å². The molecule has 1 aromatic heterocycles. The van der Waals surface area contributed by atoms with E-state index in [2.05, 4.69) is 4.98 Å². The molecule has 180 valence electrons. The quantitative estimate of drug-likeness (QED) is 0.693. The summed E-state index contributed by atoms with van der Waals surface area (Å²) in [5, 5.41) is 11.0. The van der Waals surface area contributed by atoms with Gasteiger partial charge in [0, 0.05) is 24.7 Å². The minimum atomic E-state index is -4.70. The zero-order valence-corrected chi connectivity index (χ0v) is 18.9. The maximum atomic E-state index is 14.2. The number of methoxy groups -OCH3 is 1. The molecule has 3 heterocycles. The van der Waals surface area contributed by atoms with Crippen LogP contribution in [0, 0.1) is 0 Å². The minimum absolute atomic E-state index is 0.146. The molecule has 1 aromatic carbocycles. The van der Waals surface area contributed by atoms with Crippen LogP contribution >= 0.6 is 11.6 Å². The summed E-state index contributed by atoms with van der Waals surface area (Å²) >= 11 is 6.23. The van der Waals surface area contributed by atoms with Gasteiger partial charge in [0.2, 0.25) is 5.95 Å². The van der Waals surface area contributed by atoms with Crippen LogP contribution in [-0.4, -0.2) is 66.3 Å². The molecule has 0 radical (unpaired) electrons. The van der Waals surface area contributed by atoms with Gasteiger partial charge in [0.1, 0.15) is 11.6 Å². The van der Waals surface area contributed by atoms with Gasteiger partial charge in [0.25, 0.3) is 5.56 Å². The number of aliphatic hydroxyl groups excluding tert-OH is 1. The van der Waals surface area contributed by atoms with E-state index in [0.717, 1.165) is 16.4 Å². The Balaban J connectivity index is 1.74. The van der Waals surface area contributed by atoms with E-state index in [1.807, 2.05) is 0 Å². The van der Waals surface area contributed by atoms with Crippen molar-refractivity contribution in [1.29, 1.82) is 0 Å². The Bertz CT molecular complexity index is 1090. The van der Waals surface area contributed by atoms with Crippen LogP contribution in [0.2, 0.25) is 5.02 Å². The molecule has 2 aliphatic rings. The lowest BCUT2D eigenvalue weighted by molar-refractivity contribution is -0.183. The summed E-state index contributed by atoms with van der Waals surface area (Å²) in [7, 11) is 1.45. The number of fused-ring (bicyclic) bond motifs is 1. The van der Waals surface area contributed by atoms with Crippen LogP contribution in [-0.2, 0) is 11.3 Å². The number of hydrogen-bond donors (Lipinski definition) is 1. The molecule has 4 rings (SSSR count). The van der Waals surface area contributed by atoms with Crippen LogP contribution < -0.4 is 20.1 Å². The molecule has 2 aliphatic heterocycles. The number of alkyl halides is 3. The number of hydrogen-bond acceptors (Lipinski definition) is 7. The normalized spacial score (nSPS) is 21.8. The number of rotatable bonds is 5. The molecule has 0 bridgehead atoms. The van der Waals surface area contributed by atoms with Crippen molar-refractivity contribution in [1.82, 2.24) is 9.55 Å². The van der Waals surface area contributed by atoms with E-state index < -0.39 is 36.5 Å². The molecule has 0 amide bonds. The first-order chi connectivity index (χ1) is 15.5. The summed E-state index contributed by atoms with van der Waals surface area (Å²) in [6, 6.07) is 5.77. The van der Waals surface area contributed by atoms with Crippen molar-refractivity contribution in [2.24, 2.45) is 0 Å². The van der Waals surface area contributed by atoms with Crippen LogP contribution in [0.3, 0.4) is 0 Å². The smallest absolute Gasteiger partial charge is 0.413 e. The second-order valence-electron chi connectivity index (χ2n) is 8.22. The average molecular weight is 489 g/mol. The van der Waals surface area contributed by atoms with Gasteiger partial charge in [-0.25, -0.2) is 0 Å². The first kappa shape index (κ1) is 23.7. The number of anilines is 2. The average Bonchev–Trinajstić information content (AvgIpc) is 3.07. The fourth-order valence-corrected chi connectivity index (χ4v) is 4.40. The Morgan fingerprint density at radius 2 is 2.00 bits per heavy atom. The lowest BCUT2D eigenvalue weighted by Crippen LogP contribution is -2.57. The lowest BCUT2D eigenvalue weighted by Gasteiger charge is -2.38. The lowest BCUT2D eigenvalue weighted by atomic mass is 9.99. The van der Waals surface area contributed by atoms with E-state index in [1.165, 1.54) is 25.3 Å². The van der Waals surface area contributed by atoms with Gasteiger partial charge in [-0.1, -0.05) is 17.7 Å². The molecule has 12 heteroatoms. The Labute approximate surface area is 193 Å². The SMILES string of the molecule is COc1ccc([C@@H](O)CN2c3nc(N4CCOCC4)cc(=O)n3C[C@@]2(C)C(F)(F)F)c(Cl)c1. The fourth-order valence-electron chi connectivity index (χ4n) is 4.11. The molecule has 1 fully saturated rings. The third-order valence-corrected chi connectivity index (χ3v) is 6.47. The third kappa shape index (κ3) is 4.24. The van der Waals surface area contributed by atoms with Crippen molar-refractivity contribution in [2.45, 2.75) is 31.3 Å². The summed E-state index contributed by atoms with van der Waals surface area (Å²) < 4.78 is 54.1. The van der Waals surface area contributed by atoms with Crippen molar-refractivity contribution in [2.75, 3.05) is 49.8 Å². The third-order valence-electron chi connectivity index (χ3n) is 6.15. The minimum Gasteiger partial charge on any atom is -0.497 e. The predicted molar refractivity (Wildman–Crippen MR) is 116 cm³/mol. The van der Waals surface area contributed by atoms with E-state index in [-0.39, 0.29) is 22.4 Å². The van der Waals surface area contributed by atoms with E-state index in [4.69, 9.17) is 21.1 Å². The van der Waals surface area contributed by atoms with E-state index in [1.54, 1.807) is 11.0 Å². The molecule has 0 unspecified atom stereocenters. The van der Waals surface area contributed by atoms with Crippen molar-refractivity contribution >= 4 is 23.4 Å². The second-order valence-corrected chi connectivity index (χ2v) is 8.63. The summed E-state index contributed by atoms with van der Waals surface area (Å²) in [5.41, 5.74) is -2.79. The first-order valence-corrected chi connectivity index (χ1v) is 10.7. The largest absolute Gasteiger partial charge is 0.497 e. The molecule has 33 heavy (non-hydrogen) atoms. The molecule has 0 saturated carbocycles. The summed E-state index contributed by atoms with van der Waals surface area (Å²) in [6.45, 7) is 1.69. The zero-order valence-electron chi connectivity index (χ0n) is 18.1. The topological polar surface area (TPSA) is 80.1 Å². The molecular weight excluding hydrogens is 465 g/mol. The van der Waals surface area contributed by atoms with Crippen LogP contribution in [0.25, 0.3) is 0 Å². The van der Waals surface area contributed by atoms with Gasteiger partial charge in [-0.15, -0.1) is 0 Å². The van der Waals surface area contributed by atoms with Crippen molar-refractivity contribution in [3.05, 3.63) is 45.2 Å². The molecule has 8 nitrogen and oxygen atoms in total. The molecule has 0 spiro atoms. The Kier molecular flexibility index (Phi) is 6.23. The second kappa shape index (κ2) is 8.69. The molecule has 2 atom stereocenters. The maximum absolute atomic E-state index is 14.2. The molecule has 0 aliphatic carbocycles. The number of β-amino-alcohol motifs (C(OH)–C–C–N with tert-alkyl or cyclic N) is 1. The molecule has 1 saturated heterocycles. The van der Waals surface area contributed by atoms with Gasteiger partial charge in [-0.2, -0.15) is 18.2 Å². The van der Waals surface area contributed by atoms with Gasteiger partial charge in [-0.05, 0) is 19.1 Å². The highest BCUT2D eigenvalue weighted by Gasteiger charge is 2.60. The monoisotopic (exact) mass is 488 g/mol. The highest BCUT2D eigenvalue weighted by Crippen LogP contribution is 2.44. The molecular formula is C21H24ClF3N4O4. The van der Waals surface area contributed by atoms with Gasteiger partial charge in [-0.3, -0.25) is 9.36 Å². The summed E-state index contributed by atoms with van der Waals surface area (Å²) in [6.07, 6.45) is -6.07. The van der Waals surface area contributed by atoms with E-state index in [0.29, 0.717) is 32.1 Å². The number of morpholine rings is 1. The number of aliphatic hydroxyl groups is 1. The number of nitrogens with zero attached hydrogens (tertiary/aromatic N) is 4. The van der Waals surface area contributed by atoms with Crippen LogP contribution in [0.5, 0.6) is 5.75 Å². The molecule has 2 aromatic rings. The van der Waals surface area contributed by atoms with E-state index in [9.17, 15) is 23.1 Å². The summed E-state index contributed by atoms with van der Waals surface area (Å²) in [5.74, 6) is 0.585. The van der Waals surface area contributed by atoms with Gasteiger partial charge < -0.3 is 24.4 Å². The highest BCUT2D eigenvalue weighted by atomic mass is 35.5. The number of benzene rings is 1. The standard InChI is InChI=1S/C21H24ClF3N4O4/c1-20(21(23,24)25)12-28-18(31)10-17(27-5-7-33-8-6-27)26-19(28)29(20)11-16(30)14-4-3-13(32-2)9-15(14)22/h3-4,9-10,16,30H,5-8,11-12H2,1-2H3/t16-,20-/m0/s1.